The summed E-state index contributed by atoms with van der Waals surface area (Å²) < 4.78 is 0. The van der Waals surface area contributed by atoms with Crippen molar-refractivity contribution in [2.75, 3.05) is 0 Å². The molecule has 0 radical (unpaired) electrons. The molecule has 5 heteroatoms. The smallest absolute Gasteiger partial charge is 0.277 e. The lowest BCUT2D eigenvalue weighted by Gasteiger charge is -2.35. The van der Waals surface area contributed by atoms with Crippen molar-refractivity contribution in [3.8, 4) is 0 Å². The minimum atomic E-state index is -1.33. The molecule has 4 amide bonds. The molecular formula is C14H20N2O3. The average Bonchev–Trinajstić information content (AvgIpc) is 2.33. The number of nitrogens with one attached hydrogen (secondary N) is 2. The topological polar surface area (TPSA) is 75.3 Å². The molecule has 19 heavy (non-hydrogen) atoms. The number of amides is 4. The molecule has 1 aliphatic rings. The van der Waals surface area contributed by atoms with Crippen molar-refractivity contribution in [2.24, 2.45) is 5.41 Å². The van der Waals surface area contributed by atoms with Gasteiger partial charge in [0.1, 0.15) is 0 Å². The summed E-state index contributed by atoms with van der Waals surface area (Å²) in [5.74, 6) is -1.12. The van der Waals surface area contributed by atoms with Crippen LogP contribution in [0.15, 0.2) is 24.3 Å². The Morgan fingerprint density at radius 1 is 1.21 bits per heavy atom. The van der Waals surface area contributed by atoms with Gasteiger partial charge in [-0.1, -0.05) is 32.4 Å². The number of rotatable bonds is 6. The molecule has 0 aromatic rings. The second-order valence-electron chi connectivity index (χ2n) is 4.52. The molecule has 1 aliphatic heterocycles. The van der Waals surface area contributed by atoms with E-state index in [0.717, 1.165) is 18.4 Å². The zero-order chi connectivity index (χ0) is 14.5. The van der Waals surface area contributed by atoms with E-state index >= 15 is 0 Å². The lowest BCUT2D eigenvalue weighted by atomic mass is 9.72. The molecule has 0 unspecified atom stereocenters. The number of hydrogen-bond donors (Lipinski definition) is 2. The van der Waals surface area contributed by atoms with E-state index in [2.05, 4.69) is 17.2 Å². The van der Waals surface area contributed by atoms with Gasteiger partial charge >= 0.3 is 6.03 Å². The van der Waals surface area contributed by atoms with Crippen LogP contribution in [-0.2, 0) is 9.59 Å². The summed E-state index contributed by atoms with van der Waals surface area (Å²) >= 11 is 0. The molecule has 0 spiro atoms. The first-order valence-electron chi connectivity index (χ1n) is 6.50. The molecule has 0 bridgehead atoms. The van der Waals surface area contributed by atoms with Crippen LogP contribution in [0.1, 0.15) is 39.5 Å². The SMILES string of the molecule is C=CCC1(/C(=C\CC)CCC)C(=O)NC(=O)NC1=O. The van der Waals surface area contributed by atoms with Gasteiger partial charge in [-0.05, 0) is 24.8 Å². The van der Waals surface area contributed by atoms with Gasteiger partial charge in [-0.25, -0.2) is 4.79 Å². The molecule has 1 heterocycles. The van der Waals surface area contributed by atoms with Crippen LogP contribution in [0, 0.1) is 5.41 Å². The van der Waals surface area contributed by atoms with Crippen LogP contribution in [-0.4, -0.2) is 17.8 Å². The molecule has 1 saturated heterocycles. The molecule has 0 aromatic heterocycles. The largest absolute Gasteiger partial charge is 0.328 e. The third-order valence-corrected chi connectivity index (χ3v) is 3.20. The minimum absolute atomic E-state index is 0.184. The summed E-state index contributed by atoms with van der Waals surface area (Å²) in [6.45, 7) is 7.54. The number of allylic oxidation sites excluding steroid dienone is 2. The van der Waals surface area contributed by atoms with E-state index < -0.39 is 23.3 Å². The van der Waals surface area contributed by atoms with Crippen molar-refractivity contribution in [1.29, 1.82) is 0 Å². The van der Waals surface area contributed by atoms with Gasteiger partial charge in [0.2, 0.25) is 11.8 Å². The van der Waals surface area contributed by atoms with Gasteiger partial charge in [-0.2, -0.15) is 0 Å². The molecule has 1 rings (SSSR count). The van der Waals surface area contributed by atoms with Gasteiger partial charge in [0.15, 0.2) is 5.41 Å². The Labute approximate surface area is 113 Å². The number of carbonyl (C=O) groups excluding carboxylic acids is 3. The normalized spacial score (nSPS) is 18.8. The third kappa shape index (κ3) is 2.75. The standard InChI is InChI=1S/C14H20N2O3/c1-4-7-10(8-5-2)14(9-6-3)11(17)15-13(19)16-12(14)18/h6-7H,3-5,8-9H2,1-2H3,(H2,15,16,17,18,19)/b10-7-. The van der Waals surface area contributed by atoms with Gasteiger partial charge in [0, 0.05) is 0 Å². The molecule has 5 nitrogen and oxygen atoms in total. The monoisotopic (exact) mass is 264 g/mol. The summed E-state index contributed by atoms with van der Waals surface area (Å²) in [5.41, 5.74) is -0.582. The van der Waals surface area contributed by atoms with Crippen molar-refractivity contribution in [2.45, 2.75) is 39.5 Å². The summed E-state index contributed by atoms with van der Waals surface area (Å²) in [6.07, 6.45) is 5.79. The summed E-state index contributed by atoms with van der Waals surface area (Å²) in [5, 5.41) is 4.37. The number of barbiturate groups is 1. The molecule has 0 atom stereocenters. The second-order valence-corrected chi connectivity index (χ2v) is 4.52. The van der Waals surface area contributed by atoms with Gasteiger partial charge < -0.3 is 0 Å². The minimum Gasteiger partial charge on any atom is -0.277 e. The molecule has 0 saturated carbocycles. The molecule has 0 aliphatic carbocycles. The van der Waals surface area contributed by atoms with Crippen LogP contribution in [0.2, 0.25) is 0 Å². The predicted octanol–water partition coefficient (Wildman–Crippen LogP) is 2.05. The number of imide groups is 2. The second kappa shape index (κ2) is 6.31. The molecule has 0 aromatic carbocycles. The quantitative estimate of drug-likeness (QED) is 0.569. The zero-order valence-corrected chi connectivity index (χ0v) is 11.4. The first-order chi connectivity index (χ1) is 9.02. The average molecular weight is 264 g/mol. The van der Waals surface area contributed by atoms with Crippen molar-refractivity contribution >= 4 is 17.8 Å². The molecule has 2 N–H and O–H groups in total. The van der Waals surface area contributed by atoms with Gasteiger partial charge in [0.25, 0.3) is 0 Å². The van der Waals surface area contributed by atoms with E-state index in [9.17, 15) is 14.4 Å². The Bertz CT molecular complexity index is 418. The van der Waals surface area contributed by atoms with Crippen molar-refractivity contribution in [3.05, 3.63) is 24.3 Å². The highest BCUT2D eigenvalue weighted by Gasteiger charge is 2.51. The zero-order valence-electron chi connectivity index (χ0n) is 11.4. The lowest BCUT2D eigenvalue weighted by molar-refractivity contribution is -0.141. The van der Waals surface area contributed by atoms with E-state index in [1.165, 1.54) is 6.08 Å². The van der Waals surface area contributed by atoms with Crippen LogP contribution < -0.4 is 10.6 Å². The third-order valence-electron chi connectivity index (χ3n) is 3.20. The summed E-state index contributed by atoms with van der Waals surface area (Å²) in [7, 11) is 0. The van der Waals surface area contributed by atoms with E-state index in [0.29, 0.717) is 6.42 Å². The summed E-state index contributed by atoms with van der Waals surface area (Å²) in [6, 6.07) is -0.762. The Morgan fingerprint density at radius 3 is 2.21 bits per heavy atom. The molecular weight excluding hydrogens is 244 g/mol. The van der Waals surface area contributed by atoms with Crippen molar-refractivity contribution in [1.82, 2.24) is 10.6 Å². The van der Waals surface area contributed by atoms with Crippen LogP contribution in [0.3, 0.4) is 0 Å². The first-order valence-corrected chi connectivity index (χ1v) is 6.50. The van der Waals surface area contributed by atoms with Gasteiger partial charge in [-0.3, -0.25) is 20.2 Å². The maximum atomic E-state index is 12.2. The number of urea groups is 1. The Kier molecular flexibility index (Phi) is 5.03. The molecule has 1 fully saturated rings. The fourth-order valence-electron chi connectivity index (χ4n) is 2.38. The van der Waals surface area contributed by atoms with Crippen molar-refractivity contribution < 1.29 is 14.4 Å². The molecule has 104 valence electrons. The van der Waals surface area contributed by atoms with Crippen molar-refractivity contribution in [3.63, 3.8) is 0 Å². The van der Waals surface area contributed by atoms with E-state index in [-0.39, 0.29) is 6.42 Å². The van der Waals surface area contributed by atoms with E-state index in [1.807, 2.05) is 19.9 Å². The van der Waals surface area contributed by atoms with Crippen LogP contribution in [0.25, 0.3) is 0 Å². The maximum absolute atomic E-state index is 12.2. The van der Waals surface area contributed by atoms with Gasteiger partial charge in [-0.15, -0.1) is 6.58 Å². The maximum Gasteiger partial charge on any atom is 0.328 e. The van der Waals surface area contributed by atoms with Crippen LogP contribution in [0.5, 0.6) is 0 Å². The number of carbonyl (C=O) groups is 3. The highest BCUT2D eigenvalue weighted by Crippen LogP contribution is 2.37. The summed E-state index contributed by atoms with van der Waals surface area (Å²) in [4.78, 5) is 35.7. The Morgan fingerprint density at radius 2 is 1.79 bits per heavy atom. The lowest BCUT2D eigenvalue weighted by Crippen LogP contribution is -2.63. The van der Waals surface area contributed by atoms with Crippen LogP contribution in [0.4, 0.5) is 4.79 Å². The number of hydrogen-bond acceptors (Lipinski definition) is 3. The predicted molar refractivity (Wildman–Crippen MR) is 72.2 cm³/mol. The Balaban J connectivity index is 3.31. The van der Waals surface area contributed by atoms with Crippen LogP contribution >= 0.6 is 0 Å². The fourth-order valence-corrected chi connectivity index (χ4v) is 2.38. The first kappa shape index (κ1) is 15.1. The van der Waals surface area contributed by atoms with E-state index in [1.54, 1.807) is 0 Å². The van der Waals surface area contributed by atoms with E-state index in [4.69, 9.17) is 0 Å². The highest BCUT2D eigenvalue weighted by molar-refractivity contribution is 6.21. The highest BCUT2D eigenvalue weighted by atomic mass is 16.2. The van der Waals surface area contributed by atoms with Gasteiger partial charge in [0.05, 0.1) is 0 Å². The Hall–Kier alpha value is -1.91. The fraction of sp³-hybridized carbons (Fsp3) is 0.500.